The summed E-state index contributed by atoms with van der Waals surface area (Å²) in [5.41, 5.74) is 0.172. The minimum atomic E-state index is -4.47. The molecule has 8 heteroatoms. The molecule has 2 N–H and O–H groups in total. The molecule has 4 fully saturated rings. The van der Waals surface area contributed by atoms with Crippen molar-refractivity contribution in [1.29, 1.82) is 0 Å². The van der Waals surface area contributed by atoms with Gasteiger partial charge in [-0.25, -0.2) is 4.18 Å². The smallest absolute Gasteiger partial charge is 0.397 e. The van der Waals surface area contributed by atoms with Gasteiger partial charge in [0, 0.05) is 5.97 Å². The van der Waals surface area contributed by atoms with Crippen LogP contribution in [-0.2, 0) is 19.4 Å². The van der Waals surface area contributed by atoms with Gasteiger partial charge in [-0.1, -0.05) is 20.8 Å². The fourth-order valence-electron chi connectivity index (χ4n) is 8.96. The van der Waals surface area contributed by atoms with Crippen LogP contribution in [0.4, 0.5) is 0 Å². The molecule has 0 aromatic rings. The van der Waals surface area contributed by atoms with Gasteiger partial charge in [0.05, 0.1) is 12.2 Å². The lowest BCUT2D eigenvalue weighted by Crippen LogP contribution is -2.58. The van der Waals surface area contributed by atoms with Crippen molar-refractivity contribution in [2.75, 3.05) is 0 Å². The molecular weight excluding hydrogens is 432 g/mol. The van der Waals surface area contributed by atoms with Gasteiger partial charge < -0.3 is 15.0 Å². The van der Waals surface area contributed by atoms with Gasteiger partial charge in [-0.3, -0.25) is 4.55 Å². The molecule has 32 heavy (non-hydrogen) atoms. The Morgan fingerprint density at radius 3 is 2.41 bits per heavy atom. The van der Waals surface area contributed by atoms with Crippen molar-refractivity contribution in [3.05, 3.63) is 0 Å². The molecule has 1 unspecified atom stereocenters. The molecule has 7 nitrogen and oxygen atoms in total. The van der Waals surface area contributed by atoms with Crippen LogP contribution >= 0.6 is 0 Å². The van der Waals surface area contributed by atoms with Crippen molar-refractivity contribution >= 4 is 16.4 Å². The second kappa shape index (κ2) is 8.51. The molecular formula is C24H39O7S-. The molecule has 184 valence electrons. The van der Waals surface area contributed by atoms with Crippen LogP contribution in [0, 0.1) is 46.3 Å². The molecule has 0 heterocycles. The van der Waals surface area contributed by atoms with Crippen molar-refractivity contribution in [3.8, 4) is 0 Å². The quantitative estimate of drug-likeness (QED) is 0.571. The number of carbonyl (C=O) groups is 1. The predicted molar refractivity (Wildman–Crippen MR) is 116 cm³/mol. The zero-order valence-corrected chi connectivity index (χ0v) is 20.4. The monoisotopic (exact) mass is 471 g/mol. The Labute approximate surface area is 192 Å². The molecule has 4 saturated carbocycles. The molecule has 0 aromatic carbocycles. The highest BCUT2D eigenvalue weighted by atomic mass is 32.3. The lowest BCUT2D eigenvalue weighted by Gasteiger charge is -2.62. The SMILES string of the molecule is C[C@H](CCC(=O)[O-])[C@H]1CC[C@H]2[C@@H]3[C@@H](O)CC4C[C@@H](OS(=O)(=O)O)CC[C@]4(C)[C@H]3CC[C@]12C. The van der Waals surface area contributed by atoms with Crippen LogP contribution in [0.15, 0.2) is 0 Å². The highest BCUT2D eigenvalue weighted by Gasteiger charge is 2.63. The van der Waals surface area contributed by atoms with E-state index in [0.717, 1.165) is 32.1 Å². The number of rotatable bonds is 6. The van der Waals surface area contributed by atoms with Gasteiger partial charge in [0.2, 0.25) is 0 Å². The normalized spacial score (nSPS) is 47.2. The maximum atomic E-state index is 11.3. The zero-order valence-electron chi connectivity index (χ0n) is 19.5. The van der Waals surface area contributed by atoms with Crippen molar-refractivity contribution < 1.29 is 32.2 Å². The number of carboxylic acids is 1. The molecule has 10 atom stereocenters. The van der Waals surface area contributed by atoms with Crippen LogP contribution in [-0.4, -0.2) is 36.3 Å². The van der Waals surface area contributed by atoms with Gasteiger partial charge in [0.15, 0.2) is 0 Å². The van der Waals surface area contributed by atoms with E-state index in [2.05, 4.69) is 20.8 Å². The average molecular weight is 472 g/mol. The number of aliphatic carboxylic acids is 1. The number of fused-ring (bicyclic) bond motifs is 5. The van der Waals surface area contributed by atoms with E-state index >= 15 is 0 Å². The van der Waals surface area contributed by atoms with E-state index in [-0.39, 0.29) is 29.1 Å². The summed E-state index contributed by atoms with van der Waals surface area (Å²) in [6, 6.07) is 0. The Kier molecular flexibility index (Phi) is 6.49. The van der Waals surface area contributed by atoms with E-state index in [1.807, 2.05) is 0 Å². The summed E-state index contributed by atoms with van der Waals surface area (Å²) in [6.07, 6.45) is 6.83. The first kappa shape index (κ1) is 24.4. The van der Waals surface area contributed by atoms with Gasteiger partial charge in [-0.15, -0.1) is 0 Å². The number of aliphatic hydroxyl groups excluding tert-OH is 1. The molecule has 0 aromatic heterocycles. The summed E-state index contributed by atoms with van der Waals surface area (Å²) in [6.45, 7) is 6.87. The molecule has 0 radical (unpaired) electrons. The zero-order chi connectivity index (χ0) is 23.5. The lowest BCUT2D eigenvalue weighted by molar-refractivity contribution is -0.306. The largest absolute Gasteiger partial charge is 0.550 e. The fourth-order valence-corrected chi connectivity index (χ4v) is 9.48. The minimum absolute atomic E-state index is 0.0446. The third-order valence-electron chi connectivity index (χ3n) is 10.5. The van der Waals surface area contributed by atoms with Gasteiger partial charge >= 0.3 is 10.4 Å². The van der Waals surface area contributed by atoms with Gasteiger partial charge in [-0.2, -0.15) is 8.42 Å². The molecule has 4 rings (SSSR count). The van der Waals surface area contributed by atoms with Crippen molar-refractivity contribution in [1.82, 2.24) is 0 Å². The highest BCUT2D eigenvalue weighted by molar-refractivity contribution is 7.80. The third kappa shape index (κ3) is 4.25. The first-order chi connectivity index (χ1) is 14.8. The topological polar surface area (TPSA) is 124 Å². The Morgan fingerprint density at radius 2 is 1.75 bits per heavy atom. The first-order valence-corrected chi connectivity index (χ1v) is 13.8. The van der Waals surface area contributed by atoms with E-state index in [4.69, 9.17) is 8.74 Å². The molecule has 4 aliphatic carbocycles. The maximum Gasteiger partial charge on any atom is 0.397 e. The van der Waals surface area contributed by atoms with Crippen LogP contribution in [0.5, 0.6) is 0 Å². The number of aliphatic hydroxyl groups is 1. The highest BCUT2D eigenvalue weighted by Crippen LogP contribution is 2.68. The molecule has 0 saturated heterocycles. The Morgan fingerprint density at radius 1 is 1.09 bits per heavy atom. The predicted octanol–water partition coefficient (Wildman–Crippen LogP) is 2.97. The summed E-state index contributed by atoms with van der Waals surface area (Å²) >= 11 is 0. The van der Waals surface area contributed by atoms with Crippen LogP contribution in [0.1, 0.15) is 85.0 Å². The van der Waals surface area contributed by atoms with Crippen LogP contribution < -0.4 is 5.11 Å². The third-order valence-corrected chi connectivity index (χ3v) is 11.0. The first-order valence-electron chi connectivity index (χ1n) is 12.4. The standard InChI is InChI=1S/C24H40O7S/c1-14(4-7-21(26)27)17-5-6-18-22-19(9-11-24(17,18)3)23(2)10-8-16(31-32(28,29)30)12-15(23)13-20(22)25/h14-20,22,25H,4-13H2,1-3H3,(H,26,27)(H,28,29,30)/p-1/t14-,15?,16+,17-,18+,19+,20+,22+,23+,24-/m1/s1. The van der Waals surface area contributed by atoms with Crippen LogP contribution in [0.2, 0.25) is 0 Å². The molecule has 0 spiro atoms. The molecule has 0 aliphatic heterocycles. The number of hydrogen-bond acceptors (Lipinski definition) is 6. The van der Waals surface area contributed by atoms with E-state index in [1.54, 1.807) is 0 Å². The molecule has 0 bridgehead atoms. The molecule has 0 amide bonds. The van der Waals surface area contributed by atoms with E-state index in [0.29, 0.717) is 49.4 Å². The van der Waals surface area contributed by atoms with Crippen LogP contribution in [0.25, 0.3) is 0 Å². The maximum absolute atomic E-state index is 11.3. The summed E-state index contributed by atoms with van der Waals surface area (Å²) < 4.78 is 36.4. The Hall–Kier alpha value is -0.700. The van der Waals surface area contributed by atoms with Gasteiger partial charge in [-0.05, 0) is 111 Å². The van der Waals surface area contributed by atoms with Crippen molar-refractivity contribution in [2.45, 2.75) is 97.2 Å². The van der Waals surface area contributed by atoms with Gasteiger partial charge in [0.25, 0.3) is 0 Å². The number of carboxylic acid groups (broad SMARTS) is 1. The summed E-state index contributed by atoms with van der Waals surface area (Å²) in [5, 5.41) is 22.3. The van der Waals surface area contributed by atoms with E-state index < -0.39 is 28.6 Å². The number of carbonyl (C=O) groups excluding carboxylic acids is 1. The lowest BCUT2D eigenvalue weighted by atomic mass is 9.43. The van der Waals surface area contributed by atoms with Crippen molar-refractivity contribution in [2.24, 2.45) is 46.3 Å². The van der Waals surface area contributed by atoms with E-state index in [9.17, 15) is 23.4 Å². The van der Waals surface area contributed by atoms with E-state index in [1.165, 1.54) is 0 Å². The Balaban J connectivity index is 1.52. The second-order valence-electron chi connectivity index (χ2n) is 11.8. The summed E-state index contributed by atoms with van der Waals surface area (Å²) in [4.78, 5) is 11.0. The average Bonchev–Trinajstić information content (AvgIpc) is 3.03. The van der Waals surface area contributed by atoms with Gasteiger partial charge in [0.1, 0.15) is 0 Å². The molecule has 4 aliphatic rings. The Bertz CT molecular complexity index is 828. The summed E-state index contributed by atoms with van der Waals surface area (Å²) in [5.74, 6) is 1.10. The number of hydrogen-bond donors (Lipinski definition) is 2. The van der Waals surface area contributed by atoms with Crippen molar-refractivity contribution in [3.63, 3.8) is 0 Å². The summed E-state index contributed by atoms with van der Waals surface area (Å²) in [7, 11) is -4.47. The minimum Gasteiger partial charge on any atom is -0.550 e. The van der Waals surface area contributed by atoms with Crippen LogP contribution in [0.3, 0.4) is 0 Å². The fraction of sp³-hybridized carbons (Fsp3) is 0.958. The second-order valence-corrected chi connectivity index (χ2v) is 12.9.